The molecule has 2 unspecified atom stereocenters. The maximum absolute atomic E-state index is 9.53. The molecule has 0 spiro atoms. The monoisotopic (exact) mass is 488 g/mol. The molecule has 0 bridgehead atoms. The zero-order valence-corrected chi connectivity index (χ0v) is 20.8. The predicted octanol–water partition coefficient (Wildman–Crippen LogP) is 6.11. The Morgan fingerprint density at radius 1 is 0.973 bits per heavy atom. The van der Waals surface area contributed by atoms with Crippen molar-refractivity contribution in [2.45, 2.75) is 38.5 Å². The molecule has 3 aromatic heterocycles. The van der Waals surface area contributed by atoms with E-state index in [1.54, 1.807) is 0 Å². The highest BCUT2D eigenvalue weighted by Gasteiger charge is 2.31. The average molecular weight is 489 g/mol. The van der Waals surface area contributed by atoms with Gasteiger partial charge in [0.15, 0.2) is 0 Å². The van der Waals surface area contributed by atoms with Crippen molar-refractivity contribution in [2.24, 2.45) is 5.16 Å². The van der Waals surface area contributed by atoms with Crippen LogP contribution in [0.3, 0.4) is 0 Å². The second-order valence-electron chi connectivity index (χ2n) is 9.53. The molecule has 6 rings (SSSR count). The van der Waals surface area contributed by atoms with Crippen molar-refractivity contribution in [1.29, 1.82) is 0 Å². The standard InChI is InChI=1S/C31H28N4O2/c1-20-29(21(2)37-34-20)25-16-28-30(33-17-25)26(23-13-11-22(19-36)12-14-23)18-35(28)31(24-8-4-3-5-9-24)27-10-6-7-15-32-27/h3-18,21,29,31,36H,19H2,1-2H3/t21?,29?,31-/m0/s1. The summed E-state index contributed by atoms with van der Waals surface area (Å²) in [5.41, 5.74) is 9.01. The molecular formula is C31H28N4O2. The number of nitrogens with zero attached hydrogens (tertiary/aromatic N) is 4. The summed E-state index contributed by atoms with van der Waals surface area (Å²) >= 11 is 0. The zero-order chi connectivity index (χ0) is 25.4. The zero-order valence-electron chi connectivity index (χ0n) is 20.8. The van der Waals surface area contributed by atoms with E-state index in [1.165, 1.54) is 0 Å². The number of fused-ring (bicyclic) bond motifs is 1. The molecule has 1 aliphatic heterocycles. The largest absolute Gasteiger partial charge is 0.392 e. The number of pyridine rings is 2. The van der Waals surface area contributed by atoms with Gasteiger partial charge in [-0.3, -0.25) is 9.97 Å². The minimum absolute atomic E-state index is 0.0158. The first kappa shape index (κ1) is 23.1. The molecular weight excluding hydrogens is 460 g/mol. The molecule has 2 aromatic carbocycles. The van der Waals surface area contributed by atoms with Gasteiger partial charge >= 0.3 is 0 Å². The number of benzene rings is 2. The van der Waals surface area contributed by atoms with Gasteiger partial charge in [-0.05, 0) is 54.3 Å². The van der Waals surface area contributed by atoms with Crippen LogP contribution in [0.1, 0.15) is 48.2 Å². The quantitative estimate of drug-likeness (QED) is 0.313. The van der Waals surface area contributed by atoms with Crippen molar-refractivity contribution in [1.82, 2.24) is 14.5 Å². The summed E-state index contributed by atoms with van der Waals surface area (Å²) in [6, 6.07) is 26.6. The summed E-state index contributed by atoms with van der Waals surface area (Å²) in [6.45, 7) is 4.07. The van der Waals surface area contributed by atoms with Crippen LogP contribution in [0, 0.1) is 0 Å². The number of hydrogen-bond acceptors (Lipinski definition) is 5. The number of aliphatic hydroxyl groups excluding tert-OH is 1. The van der Waals surface area contributed by atoms with E-state index in [0.717, 1.165) is 50.3 Å². The number of hydrogen-bond donors (Lipinski definition) is 1. The SMILES string of the molecule is CC1=NOC(C)C1c1cnc2c(-c3ccc(CO)cc3)cn([C@@H](c3ccccc3)c3ccccn3)c2c1. The number of aromatic nitrogens is 3. The summed E-state index contributed by atoms with van der Waals surface area (Å²) in [7, 11) is 0. The van der Waals surface area contributed by atoms with Crippen LogP contribution >= 0.6 is 0 Å². The van der Waals surface area contributed by atoms with Gasteiger partial charge in [0.1, 0.15) is 12.1 Å². The molecule has 4 heterocycles. The molecule has 0 aliphatic carbocycles. The van der Waals surface area contributed by atoms with Gasteiger partial charge in [-0.1, -0.05) is 65.8 Å². The van der Waals surface area contributed by atoms with E-state index in [-0.39, 0.29) is 24.7 Å². The van der Waals surface area contributed by atoms with Gasteiger partial charge in [-0.15, -0.1) is 0 Å². The first-order valence-electron chi connectivity index (χ1n) is 12.5. The normalized spacial score (nSPS) is 18.0. The van der Waals surface area contributed by atoms with Gasteiger partial charge in [0.05, 0.1) is 35.0 Å². The molecule has 6 heteroatoms. The summed E-state index contributed by atoms with van der Waals surface area (Å²) in [5.74, 6) is 0.0533. The van der Waals surface area contributed by atoms with Crippen LogP contribution in [0.25, 0.3) is 22.2 Å². The van der Waals surface area contributed by atoms with Crippen LogP contribution in [-0.4, -0.2) is 31.5 Å². The van der Waals surface area contributed by atoms with Crippen molar-refractivity contribution in [3.05, 3.63) is 120 Å². The Labute approximate surface area is 215 Å². The van der Waals surface area contributed by atoms with Crippen molar-refractivity contribution >= 4 is 16.7 Å². The maximum atomic E-state index is 9.53. The molecule has 37 heavy (non-hydrogen) atoms. The highest BCUT2D eigenvalue weighted by molar-refractivity contribution is 5.95. The van der Waals surface area contributed by atoms with E-state index in [4.69, 9.17) is 14.8 Å². The lowest BCUT2D eigenvalue weighted by Crippen LogP contribution is -2.17. The maximum Gasteiger partial charge on any atom is 0.137 e. The van der Waals surface area contributed by atoms with Gasteiger partial charge in [-0.2, -0.15) is 0 Å². The Kier molecular flexibility index (Phi) is 6.02. The predicted molar refractivity (Wildman–Crippen MR) is 145 cm³/mol. The van der Waals surface area contributed by atoms with Gasteiger partial charge < -0.3 is 14.5 Å². The fraction of sp³-hybridized carbons (Fsp3) is 0.194. The molecule has 0 saturated carbocycles. The molecule has 5 aromatic rings. The lowest BCUT2D eigenvalue weighted by Gasteiger charge is -2.21. The van der Waals surface area contributed by atoms with Crippen LogP contribution < -0.4 is 0 Å². The smallest absolute Gasteiger partial charge is 0.137 e. The average Bonchev–Trinajstić information content (AvgIpc) is 3.49. The molecule has 1 aliphatic rings. The number of rotatable bonds is 6. The molecule has 184 valence electrons. The first-order chi connectivity index (χ1) is 18.1. The molecule has 3 atom stereocenters. The summed E-state index contributed by atoms with van der Waals surface area (Å²) in [4.78, 5) is 15.3. The first-order valence-corrected chi connectivity index (χ1v) is 12.5. The highest BCUT2D eigenvalue weighted by Crippen LogP contribution is 2.38. The third-order valence-corrected chi connectivity index (χ3v) is 7.14. The Morgan fingerprint density at radius 3 is 2.43 bits per heavy atom. The highest BCUT2D eigenvalue weighted by atomic mass is 16.6. The molecule has 0 radical (unpaired) electrons. The minimum atomic E-state index is -0.139. The van der Waals surface area contributed by atoms with Crippen LogP contribution in [0.2, 0.25) is 0 Å². The molecule has 1 N–H and O–H groups in total. The van der Waals surface area contributed by atoms with E-state index in [9.17, 15) is 5.11 Å². The Balaban J connectivity index is 1.61. The lowest BCUT2D eigenvalue weighted by molar-refractivity contribution is 0.0904. The summed E-state index contributed by atoms with van der Waals surface area (Å²) < 4.78 is 2.28. The van der Waals surface area contributed by atoms with E-state index < -0.39 is 0 Å². The lowest BCUT2D eigenvalue weighted by atomic mass is 9.91. The van der Waals surface area contributed by atoms with Gasteiger partial charge in [0.25, 0.3) is 0 Å². The number of oxime groups is 1. The molecule has 0 fully saturated rings. The molecule has 6 nitrogen and oxygen atoms in total. The van der Waals surface area contributed by atoms with Gasteiger partial charge in [0, 0.05) is 24.2 Å². The fourth-order valence-corrected chi connectivity index (χ4v) is 5.31. The van der Waals surface area contributed by atoms with Crippen molar-refractivity contribution in [3.8, 4) is 11.1 Å². The van der Waals surface area contributed by atoms with E-state index >= 15 is 0 Å². The Bertz CT molecular complexity index is 1520. The third-order valence-electron chi connectivity index (χ3n) is 7.14. The second kappa shape index (κ2) is 9.64. The van der Waals surface area contributed by atoms with Crippen LogP contribution in [0.4, 0.5) is 0 Å². The van der Waals surface area contributed by atoms with Crippen LogP contribution in [0.5, 0.6) is 0 Å². The van der Waals surface area contributed by atoms with Gasteiger partial charge in [-0.25, -0.2) is 0 Å². The van der Waals surface area contributed by atoms with E-state index in [1.807, 2.05) is 68.7 Å². The van der Waals surface area contributed by atoms with Crippen molar-refractivity contribution in [2.75, 3.05) is 0 Å². The second-order valence-corrected chi connectivity index (χ2v) is 9.53. The van der Waals surface area contributed by atoms with E-state index in [0.29, 0.717) is 0 Å². The topological polar surface area (TPSA) is 72.5 Å². The minimum Gasteiger partial charge on any atom is -0.392 e. The number of aliphatic hydroxyl groups is 1. The third kappa shape index (κ3) is 4.19. The van der Waals surface area contributed by atoms with E-state index in [2.05, 4.69) is 52.3 Å². The molecule has 0 saturated heterocycles. The van der Waals surface area contributed by atoms with Crippen molar-refractivity contribution in [3.63, 3.8) is 0 Å². The fourth-order valence-electron chi connectivity index (χ4n) is 5.31. The summed E-state index contributed by atoms with van der Waals surface area (Å²) in [5, 5.41) is 13.8. The van der Waals surface area contributed by atoms with Crippen LogP contribution in [0.15, 0.2) is 103 Å². The van der Waals surface area contributed by atoms with Gasteiger partial charge in [0.2, 0.25) is 0 Å². The van der Waals surface area contributed by atoms with Crippen molar-refractivity contribution < 1.29 is 9.94 Å². The molecule has 0 amide bonds. The Hall–Kier alpha value is -4.29. The Morgan fingerprint density at radius 2 is 1.76 bits per heavy atom. The summed E-state index contributed by atoms with van der Waals surface area (Å²) in [6.07, 6.45) is 5.92. The van der Waals surface area contributed by atoms with Crippen LogP contribution in [-0.2, 0) is 11.4 Å².